The molecule has 0 saturated carbocycles. The Bertz CT molecular complexity index is 905. The summed E-state index contributed by atoms with van der Waals surface area (Å²) >= 11 is 0. The first-order chi connectivity index (χ1) is 13.0. The average molecular weight is 396 g/mol. The lowest BCUT2D eigenvalue weighted by atomic mass is 9.95. The highest BCUT2D eigenvalue weighted by Gasteiger charge is 2.48. The van der Waals surface area contributed by atoms with E-state index in [1.807, 2.05) is 0 Å². The smallest absolute Gasteiger partial charge is 0.166 e. The second-order valence-corrected chi connectivity index (χ2v) is 6.37. The van der Waals surface area contributed by atoms with Crippen molar-refractivity contribution in [3.05, 3.63) is 70.8 Å². The van der Waals surface area contributed by atoms with Crippen molar-refractivity contribution in [2.75, 3.05) is 0 Å². The highest BCUT2D eigenvalue weighted by Crippen LogP contribution is 2.47. The fourth-order valence-corrected chi connectivity index (χ4v) is 2.82. The molecule has 0 unspecified atom stereocenters. The minimum absolute atomic E-state index is 0.0913. The molecule has 0 radical (unpaired) electrons. The largest absolute Gasteiger partial charge is 0.419 e. The number of alkyl halides is 6. The van der Waals surface area contributed by atoms with Gasteiger partial charge in [-0.25, -0.2) is 0 Å². The summed E-state index contributed by atoms with van der Waals surface area (Å²) in [7, 11) is 0. The molecule has 0 aliphatic carbocycles. The molecule has 28 heavy (non-hydrogen) atoms. The van der Waals surface area contributed by atoms with E-state index in [1.165, 1.54) is 48.5 Å². The molecule has 1 aromatic heterocycles. The van der Waals surface area contributed by atoms with Crippen molar-refractivity contribution in [2.24, 2.45) is 0 Å². The van der Waals surface area contributed by atoms with Crippen LogP contribution in [0.4, 0.5) is 26.3 Å². The number of aromatic nitrogens is 2. The molecule has 3 rings (SSSR count). The van der Waals surface area contributed by atoms with Crippen molar-refractivity contribution >= 4 is 0 Å². The topological polar surface area (TPSA) is 25.8 Å². The third-order valence-electron chi connectivity index (χ3n) is 4.19. The van der Waals surface area contributed by atoms with Crippen LogP contribution in [0.15, 0.2) is 48.5 Å². The van der Waals surface area contributed by atoms with Crippen molar-refractivity contribution in [3.8, 4) is 22.5 Å². The summed E-state index contributed by atoms with van der Waals surface area (Å²) in [5.41, 5.74) is -4.07. The maximum Gasteiger partial charge on any atom is 0.419 e. The Morgan fingerprint density at radius 2 is 0.821 bits per heavy atom. The van der Waals surface area contributed by atoms with Gasteiger partial charge in [-0.05, 0) is 13.8 Å². The van der Waals surface area contributed by atoms with Crippen molar-refractivity contribution in [1.29, 1.82) is 0 Å². The van der Waals surface area contributed by atoms with Crippen LogP contribution in [0.3, 0.4) is 0 Å². The molecule has 8 heteroatoms. The van der Waals surface area contributed by atoms with Crippen LogP contribution in [-0.4, -0.2) is 10.2 Å². The van der Waals surface area contributed by atoms with Gasteiger partial charge in [0, 0.05) is 11.1 Å². The molecule has 0 fully saturated rings. The number of benzene rings is 2. The standard InChI is InChI=1S/C20H14F6N2/c1-11-3-7-13(8-4-11)17-15(19(21,22)23)16(20(24,25)26)18(28-27-17)14-9-5-12(2)6-10-14/h3-10H,1-2H3. The number of hydrogen-bond donors (Lipinski definition) is 0. The van der Waals surface area contributed by atoms with E-state index in [1.54, 1.807) is 13.8 Å². The van der Waals surface area contributed by atoms with Gasteiger partial charge in [0.2, 0.25) is 0 Å². The lowest BCUT2D eigenvalue weighted by Gasteiger charge is -2.21. The minimum atomic E-state index is -5.28. The number of aryl methyl sites for hydroxylation is 2. The average Bonchev–Trinajstić information content (AvgIpc) is 2.60. The first-order valence-corrected chi connectivity index (χ1v) is 8.17. The normalized spacial score (nSPS) is 12.3. The number of rotatable bonds is 2. The zero-order valence-corrected chi connectivity index (χ0v) is 14.8. The lowest BCUT2D eigenvalue weighted by Crippen LogP contribution is -2.21. The lowest BCUT2D eigenvalue weighted by molar-refractivity contribution is -0.161. The van der Waals surface area contributed by atoms with Gasteiger partial charge in [-0.1, -0.05) is 59.7 Å². The third-order valence-corrected chi connectivity index (χ3v) is 4.19. The van der Waals surface area contributed by atoms with Gasteiger partial charge in [-0.15, -0.1) is 10.2 Å². The summed E-state index contributed by atoms with van der Waals surface area (Å²) in [6.45, 7) is 3.42. The van der Waals surface area contributed by atoms with Gasteiger partial charge in [0.05, 0.1) is 11.1 Å². The summed E-state index contributed by atoms with van der Waals surface area (Å²) in [5.74, 6) is 0. The van der Waals surface area contributed by atoms with Crippen molar-refractivity contribution in [1.82, 2.24) is 10.2 Å². The fourth-order valence-electron chi connectivity index (χ4n) is 2.82. The first kappa shape index (κ1) is 19.9. The molecule has 0 aliphatic heterocycles. The molecule has 2 nitrogen and oxygen atoms in total. The van der Waals surface area contributed by atoms with Crippen LogP contribution in [0, 0.1) is 13.8 Å². The number of hydrogen-bond acceptors (Lipinski definition) is 2. The Labute approximate surface area is 156 Å². The Hall–Kier alpha value is -2.90. The van der Waals surface area contributed by atoms with E-state index >= 15 is 0 Å². The van der Waals surface area contributed by atoms with Crippen LogP contribution >= 0.6 is 0 Å². The second kappa shape index (κ2) is 6.92. The highest BCUT2D eigenvalue weighted by molar-refractivity contribution is 5.73. The molecule has 146 valence electrons. The van der Waals surface area contributed by atoms with Crippen LogP contribution in [-0.2, 0) is 12.4 Å². The van der Waals surface area contributed by atoms with E-state index in [9.17, 15) is 26.3 Å². The molecule has 2 aromatic carbocycles. The molecular formula is C20H14F6N2. The van der Waals surface area contributed by atoms with Crippen LogP contribution in [0.5, 0.6) is 0 Å². The zero-order valence-electron chi connectivity index (χ0n) is 14.8. The predicted molar refractivity (Wildman–Crippen MR) is 92.4 cm³/mol. The minimum Gasteiger partial charge on any atom is -0.166 e. The molecule has 0 N–H and O–H groups in total. The van der Waals surface area contributed by atoms with Gasteiger partial charge < -0.3 is 0 Å². The molecule has 0 spiro atoms. The number of halogens is 6. The molecule has 3 aromatic rings. The summed E-state index contributed by atoms with van der Waals surface area (Å²) < 4.78 is 82.8. The molecule has 0 amide bonds. The SMILES string of the molecule is Cc1ccc(-c2nnc(-c3ccc(C)cc3)c(C(F)(F)F)c2C(F)(F)F)cc1. The van der Waals surface area contributed by atoms with E-state index in [0.29, 0.717) is 0 Å². The first-order valence-electron chi connectivity index (χ1n) is 8.17. The number of nitrogens with zero attached hydrogens (tertiary/aromatic N) is 2. The van der Waals surface area contributed by atoms with Crippen LogP contribution in [0.2, 0.25) is 0 Å². The molecule has 1 heterocycles. The fraction of sp³-hybridized carbons (Fsp3) is 0.200. The summed E-state index contributed by atoms with van der Waals surface area (Å²) in [5, 5.41) is 7.10. The van der Waals surface area contributed by atoms with Gasteiger partial charge in [0.15, 0.2) is 0 Å². The molecule has 0 atom stereocenters. The van der Waals surface area contributed by atoms with Crippen molar-refractivity contribution < 1.29 is 26.3 Å². The van der Waals surface area contributed by atoms with Crippen LogP contribution in [0.25, 0.3) is 22.5 Å². The van der Waals surface area contributed by atoms with Gasteiger partial charge in [0.1, 0.15) is 11.4 Å². The van der Waals surface area contributed by atoms with Gasteiger partial charge in [-0.3, -0.25) is 0 Å². The molecule has 0 aliphatic rings. The highest BCUT2D eigenvalue weighted by atomic mass is 19.4. The van der Waals surface area contributed by atoms with Crippen molar-refractivity contribution in [2.45, 2.75) is 26.2 Å². The summed E-state index contributed by atoms with van der Waals surface area (Å²) in [6.07, 6.45) is -10.6. The van der Waals surface area contributed by atoms with Crippen molar-refractivity contribution in [3.63, 3.8) is 0 Å². The van der Waals surface area contributed by atoms with E-state index in [-0.39, 0.29) is 11.1 Å². The van der Waals surface area contributed by atoms with Gasteiger partial charge in [-0.2, -0.15) is 26.3 Å². The molecule has 0 bridgehead atoms. The van der Waals surface area contributed by atoms with E-state index in [0.717, 1.165) is 11.1 Å². The zero-order chi connectivity index (χ0) is 20.7. The second-order valence-electron chi connectivity index (χ2n) is 6.37. The molecule has 0 saturated heterocycles. The maximum absolute atomic E-state index is 13.8. The van der Waals surface area contributed by atoms with E-state index in [4.69, 9.17) is 0 Å². The monoisotopic (exact) mass is 396 g/mol. The summed E-state index contributed by atoms with van der Waals surface area (Å²) in [4.78, 5) is 0. The Morgan fingerprint density at radius 1 is 0.536 bits per heavy atom. The third kappa shape index (κ3) is 3.85. The van der Waals surface area contributed by atoms with Crippen LogP contribution in [0.1, 0.15) is 22.3 Å². The van der Waals surface area contributed by atoms with Crippen LogP contribution < -0.4 is 0 Å². The quantitative estimate of drug-likeness (QED) is 0.464. The predicted octanol–water partition coefficient (Wildman–Crippen LogP) is 6.47. The van der Waals surface area contributed by atoms with Gasteiger partial charge in [0.25, 0.3) is 0 Å². The Morgan fingerprint density at radius 3 is 1.07 bits per heavy atom. The Kier molecular flexibility index (Phi) is 4.91. The maximum atomic E-state index is 13.8. The van der Waals surface area contributed by atoms with Gasteiger partial charge >= 0.3 is 12.4 Å². The van der Waals surface area contributed by atoms with E-state index in [2.05, 4.69) is 10.2 Å². The molecular weight excluding hydrogens is 382 g/mol. The van der Waals surface area contributed by atoms with E-state index < -0.39 is 34.9 Å². The summed E-state index contributed by atoms with van der Waals surface area (Å²) in [6, 6.07) is 11.2. The Balaban J connectivity index is 2.38.